The zero-order valence-electron chi connectivity index (χ0n) is 4.87. The fraction of sp³-hybridized carbons (Fsp3) is 0.333. The molecule has 1 nitrogen and oxygen atoms in total. The van der Waals surface area contributed by atoms with Crippen LogP contribution in [-0.4, -0.2) is 4.57 Å². The number of aryl methyl sites for hydroxylation is 1. The van der Waals surface area contributed by atoms with Crippen LogP contribution < -0.4 is 0 Å². The number of halogens is 1. The zero-order chi connectivity index (χ0) is 5.11. The molecule has 0 aliphatic carbocycles. The van der Waals surface area contributed by atoms with Gasteiger partial charge in [-0.15, -0.1) is 17.0 Å². The summed E-state index contributed by atoms with van der Waals surface area (Å²) in [6, 6.07) is 4.06. The molecule has 0 saturated heterocycles. The van der Waals surface area contributed by atoms with E-state index < -0.39 is 0 Å². The molecule has 1 aromatic rings. The van der Waals surface area contributed by atoms with Gasteiger partial charge in [0, 0.05) is 18.9 Å². The van der Waals surface area contributed by atoms with Crippen LogP contribution in [0.2, 0.25) is 0 Å². The van der Waals surface area contributed by atoms with Crippen molar-refractivity contribution in [1.29, 1.82) is 0 Å². The lowest BCUT2D eigenvalue weighted by Crippen LogP contribution is -1.85. The van der Waals surface area contributed by atoms with Crippen LogP contribution in [0.3, 0.4) is 0 Å². The number of aromatic nitrogens is 1. The minimum Gasteiger partial charge on any atom is -0.355 e. The predicted molar refractivity (Wildman–Crippen MR) is 40.4 cm³/mol. The Morgan fingerprint density at radius 3 is 2.00 bits per heavy atom. The molecule has 0 bridgehead atoms. The number of rotatable bonds is 1. The summed E-state index contributed by atoms with van der Waals surface area (Å²) < 4.78 is 2.12. The van der Waals surface area contributed by atoms with E-state index in [0.29, 0.717) is 0 Å². The molecule has 0 N–H and O–H groups in total. The van der Waals surface area contributed by atoms with Crippen LogP contribution in [0.25, 0.3) is 0 Å². The SMILES string of the molecule is Br.CCn1cccc1. The van der Waals surface area contributed by atoms with Gasteiger partial charge >= 0.3 is 0 Å². The van der Waals surface area contributed by atoms with Crippen LogP contribution in [-0.2, 0) is 6.54 Å². The number of hydrogen-bond donors (Lipinski definition) is 0. The van der Waals surface area contributed by atoms with Crippen LogP contribution in [0.15, 0.2) is 24.5 Å². The van der Waals surface area contributed by atoms with E-state index in [9.17, 15) is 0 Å². The first-order chi connectivity index (χ1) is 3.43. The van der Waals surface area contributed by atoms with E-state index in [2.05, 4.69) is 23.9 Å². The molecule has 46 valence electrons. The van der Waals surface area contributed by atoms with E-state index in [0.717, 1.165) is 6.54 Å². The van der Waals surface area contributed by atoms with Crippen LogP contribution in [0.4, 0.5) is 0 Å². The Balaban J connectivity index is 0.000000490. The van der Waals surface area contributed by atoms with Crippen LogP contribution in [0, 0.1) is 0 Å². The van der Waals surface area contributed by atoms with Crippen LogP contribution in [0.1, 0.15) is 6.92 Å². The summed E-state index contributed by atoms with van der Waals surface area (Å²) in [7, 11) is 0. The lowest BCUT2D eigenvalue weighted by molar-refractivity contribution is 0.769. The highest BCUT2D eigenvalue weighted by Crippen LogP contribution is 1.86. The summed E-state index contributed by atoms with van der Waals surface area (Å²) in [5.74, 6) is 0. The van der Waals surface area contributed by atoms with E-state index >= 15 is 0 Å². The summed E-state index contributed by atoms with van der Waals surface area (Å²) in [5, 5.41) is 0. The molecule has 0 aliphatic heterocycles. The smallest absolute Gasteiger partial charge is 0.0191 e. The maximum atomic E-state index is 2.12. The molecule has 2 heteroatoms. The highest BCUT2D eigenvalue weighted by molar-refractivity contribution is 8.93. The molecule has 1 heterocycles. The summed E-state index contributed by atoms with van der Waals surface area (Å²) in [6.07, 6.45) is 4.11. The molecule has 0 radical (unpaired) electrons. The first-order valence-corrected chi connectivity index (χ1v) is 2.54. The summed E-state index contributed by atoms with van der Waals surface area (Å²) in [4.78, 5) is 0. The third-order valence-electron chi connectivity index (χ3n) is 1.03. The van der Waals surface area contributed by atoms with Crippen molar-refractivity contribution in [1.82, 2.24) is 4.57 Å². The van der Waals surface area contributed by atoms with Crippen molar-refractivity contribution in [2.24, 2.45) is 0 Å². The van der Waals surface area contributed by atoms with Gasteiger partial charge < -0.3 is 4.57 Å². The molecule has 1 rings (SSSR count). The van der Waals surface area contributed by atoms with E-state index in [1.165, 1.54) is 0 Å². The van der Waals surface area contributed by atoms with Crippen molar-refractivity contribution < 1.29 is 0 Å². The number of nitrogens with zero attached hydrogens (tertiary/aromatic N) is 1. The van der Waals surface area contributed by atoms with Crippen LogP contribution >= 0.6 is 17.0 Å². The Bertz CT molecular complexity index is 123. The molecular formula is C6H10BrN. The zero-order valence-corrected chi connectivity index (χ0v) is 6.59. The number of hydrogen-bond acceptors (Lipinski definition) is 0. The van der Waals surface area contributed by atoms with E-state index in [1.54, 1.807) is 0 Å². The Morgan fingerprint density at radius 1 is 1.25 bits per heavy atom. The molecule has 0 fully saturated rings. The first-order valence-electron chi connectivity index (χ1n) is 2.54. The van der Waals surface area contributed by atoms with Gasteiger partial charge in [0.05, 0.1) is 0 Å². The lowest BCUT2D eigenvalue weighted by atomic mass is 10.7. The maximum absolute atomic E-state index is 2.12. The van der Waals surface area contributed by atoms with Crippen molar-refractivity contribution in [3.8, 4) is 0 Å². The second-order valence-electron chi connectivity index (χ2n) is 1.51. The molecule has 0 spiro atoms. The second-order valence-corrected chi connectivity index (χ2v) is 1.51. The molecular weight excluding hydrogens is 166 g/mol. The largest absolute Gasteiger partial charge is 0.355 e. The molecule has 0 aliphatic rings. The van der Waals surface area contributed by atoms with Gasteiger partial charge in [-0.1, -0.05) is 0 Å². The summed E-state index contributed by atoms with van der Waals surface area (Å²) in [5.41, 5.74) is 0. The summed E-state index contributed by atoms with van der Waals surface area (Å²) in [6.45, 7) is 3.20. The fourth-order valence-electron chi connectivity index (χ4n) is 0.581. The van der Waals surface area contributed by atoms with Crippen molar-refractivity contribution in [2.45, 2.75) is 13.5 Å². The van der Waals surface area contributed by atoms with Gasteiger partial charge in [0.25, 0.3) is 0 Å². The van der Waals surface area contributed by atoms with Gasteiger partial charge in [0.2, 0.25) is 0 Å². The fourth-order valence-corrected chi connectivity index (χ4v) is 0.581. The predicted octanol–water partition coefficient (Wildman–Crippen LogP) is 2.09. The molecule has 0 aromatic carbocycles. The Kier molecular flexibility index (Phi) is 3.61. The van der Waals surface area contributed by atoms with E-state index in [4.69, 9.17) is 0 Å². The van der Waals surface area contributed by atoms with Gasteiger partial charge in [-0.05, 0) is 19.1 Å². The van der Waals surface area contributed by atoms with Crippen molar-refractivity contribution >= 4 is 17.0 Å². The quantitative estimate of drug-likeness (QED) is 0.617. The molecule has 0 atom stereocenters. The third-order valence-corrected chi connectivity index (χ3v) is 1.03. The van der Waals surface area contributed by atoms with Crippen molar-refractivity contribution in [3.63, 3.8) is 0 Å². The molecule has 0 saturated carbocycles. The lowest BCUT2D eigenvalue weighted by Gasteiger charge is -1.89. The normalized spacial score (nSPS) is 8.12. The average Bonchev–Trinajstić information content (AvgIpc) is 2.14. The van der Waals surface area contributed by atoms with E-state index in [1.807, 2.05) is 12.1 Å². The first kappa shape index (κ1) is 7.76. The topological polar surface area (TPSA) is 4.93 Å². The highest BCUT2D eigenvalue weighted by Gasteiger charge is 1.75. The Labute approximate surface area is 60.1 Å². The molecule has 0 amide bonds. The average molecular weight is 176 g/mol. The second kappa shape index (κ2) is 3.72. The van der Waals surface area contributed by atoms with Gasteiger partial charge in [0.15, 0.2) is 0 Å². The van der Waals surface area contributed by atoms with Crippen molar-refractivity contribution in [2.75, 3.05) is 0 Å². The van der Waals surface area contributed by atoms with Gasteiger partial charge in [0.1, 0.15) is 0 Å². The molecule has 0 unspecified atom stereocenters. The monoisotopic (exact) mass is 175 g/mol. The Hall–Kier alpha value is -0.240. The van der Waals surface area contributed by atoms with E-state index in [-0.39, 0.29) is 17.0 Å². The standard InChI is InChI=1S/C6H9N.BrH/c1-2-7-5-3-4-6-7;/h3-6H,2H2,1H3;1H. The Morgan fingerprint density at radius 2 is 1.75 bits per heavy atom. The van der Waals surface area contributed by atoms with Gasteiger partial charge in [-0.2, -0.15) is 0 Å². The molecule has 8 heavy (non-hydrogen) atoms. The molecule has 1 aromatic heterocycles. The summed E-state index contributed by atoms with van der Waals surface area (Å²) >= 11 is 0. The van der Waals surface area contributed by atoms with Crippen LogP contribution in [0.5, 0.6) is 0 Å². The minimum absolute atomic E-state index is 0. The van der Waals surface area contributed by atoms with Gasteiger partial charge in [-0.3, -0.25) is 0 Å². The van der Waals surface area contributed by atoms with Crippen molar-refractivity contribution in [3.05, 3.63) is 24.5 Å². The third kappa shape index (κ3) is 1.70. The highest BCUT2D eigenvalue weighted by atomic mass is 79.9. The minimum atomic E-state index is 0. The maximum Gasteiger partial charge on any atom is 0.0191 e. The van der Waals surface area contributed by atoms with Gasteiger partial charge in [-0.25, -0.2) is 0 Å².